The molecule has 0 heterocycles. The highest BCUT2D eigenvalue weighted by Gasteiger charge is 2.16. The Morgan fingerprint density at radius 1 is 1.38 bits per heavy atom. The molecule has 1 aromatic carbocycles. The van der Waals surface area contributed by atoms with Gasteiger partial charge in [-0.2, -0.15) is 0 Å². The quantitative estimate of drug-likeness (QED) is 0.555. The van der Waals surface area contributed by atoms with Crippen molar-refractivity contribution in [3.63, 3.8) is 0 Å². The summed E-state index contributed by atoms with van der Waals surface area (Å²) in [6.45, 7) is -0.0713. The Bertz CT molecular complexity index is 429. The standard InChI is InChI=1S/C9H13N2O4P/c10-9(12)5-11-8-4-2-1-3-7(8)6-16(13,14)15/h1-4,11H,5-6H2,(H2,10,12)(H2,13,14,15). The van der Waals surface area contributed by atoms with Crippen LogP contribution in [0.15, 0.2) is 24.3 Å². The molecule has 6 nitrogen and oxygen atoms in total. The third kappa shape index (κ3) is 4.44. The molecule has 0 aliphatic rings. The number of carbonyl (C=O) groups is 1. The van der Waals surface area contributed by atoms with Crippen LogP contribution in [0.2, 0.25) is 0 Å². The predicted molar refractivity (Wildman–Crippen MR) is 59.9 cm³/mol. The minimum absolute atomic E-state index is 0.0713. The third-order valence-corrected chi connectivity index (χ3v) is 2.60. The van der Waals surface area contributed by atoms with Gasteiger partial charge in [0, 0.05) is 5.69 Å². The van der Waals surface area contributed by atoms with E-state index in [0.717, 1.165) is 0 Å². The molecule has 88 valence electrons. The first-order chi connectivity index (χ1) is 7.38. The van der Waals surface area contributed by atoms with E-state index in [1.807, 2.05) is 0 Å². The van der Waals surface area contributed by atoms with Gasteiger partial charge in [-0.1, -0.05) is 18.2 Å². The Morgan fingerprint density at radius 3 is 2.56 bits per heavy atom. The van der Waals surface area contributed by atoms with Gasteiger partial charge in [-0.05, 0) is 11.6 Å². The SMILES string of the molecule is NC(=O)CNc1ccccc1CP(=O)(O)O. The molecule has 0 saturated heterocycles. The van der Waals surface area contributed by atoms with E-state index in [1.54, 1.807) is 24.3 Å². The summed E-state index contributed by atoms with van der Waals surface area (Å²) < 4.78 is 10.9. The van der Waals surface area contributed by atoms with Gasteiger partial charge in [-0.15, -0.1) is 0 Å². The fourth-order valence-electron chi connectivity index (χ4n) is 1.23. The Balaban J connectivity index is 2.83. The fraction of sp³-hybridized carbons (Fsp3) is 0.222. The van der Waals surface area contributed by atoms with Crippen LogP contribution in [0.3, 0.4) is 0 Å². The monoisotopic (exact) mass is 244 g/mol. The fourth-order valence-corrected chi connectivity index (χ4v) is 1.95. The Hall–Kier alpha value is -1.36. The van der Waals surface area contributed by atoms with Crippen molar-refractivity contribution in [2.24, 2.45) is 5.73 Å². The van der Waals surface area contributed by atoms with Crippen LogP contribution in [0.25, 0.3) is 0 Å². The maximum Gasteiger partial charge on any atom is 0.329 e. The number of hydrogen-bond donors (Lipinski definition) is 4. The molecule has 16 heavy (non-hydrogen) atoms. The van der Waals surface area contributed by atoms with Gasteiger partial charge in [0.15, 0.2) is 0 Å². The minimum Gasteiger partial charge on any atom is -0.376 e. The van der Waals surface area contributed by atoms with Gasteiger partial charge in [0.2, 0.25) is 5.91 Å². The van der Waals surface area contributed by atoms with E-state index in [-0.39, 0.29) is 12.7 Å². The molecule has 0 radical (unpaired) electrons. The van der Waals surface area contributed by atoms with Crippen LogP contribution in [-0.4, -0.2) is 22.2 Å². The van der Waals surface area contributed by atoms with E-state index < -0.39 is 13.5 Å². The number of hydrogen-bond acceptors (Lipinski definition) is 3. The van der Waals surface area contributed by atoms with Crippen molar-refractivity contribution >= 4 is 19.2 Å². The zero-order valence-electron chi connectivity index (χ0n) is 8.46. The summed E-state index contributed by atoms with van der Waals surface area (Å²) in [5.41, 5.74) is 5.92. The van der Waals surface area contributed by atoms with Gasteiger partial charge in [0.25, 0.3) is 0 Å². The predicted octanol–water partition coefficient (Wildman–Crippen LogP) is 0.261. The number of benzene rings is 1. The summed E-state index contributed by atoms with van der Waals surface area (Å²) in [6.07, 6.45) is -0.366. The molecule has 0 fully saturated rings. The molecule has 0 spiro atoms. The largest absolute Gasteiger partial charge is 0.376 e. The zero-order valence-corrected chi connectivity index (χ0v) is 9.35. The van der Waals surface area contributed by atoms with Crippen molar-refractivity contribution in [3.05, 3.63) is 29.8 Å². The molecule has 0 aliphatic carbocycles. The second-order valence-electron chi connectivity index (χ2n) is 3.30. The summed E-state index contributed by atoms with van der Waals surface area (Å²) in [5.74, 6) is -0.536. The zero-order chi connectivity index (χ0) is 12.2. The number of nitrogens with two attached hydrogens (primary N) is 1. The number of rotatable bonds is 5. The number of nitrogens with one attached hydrogen (secondary N) is 1. The molecule has 0 saturated carbocycles. The lowest BCUT2D eigenvalue weighted by Gasteiger charge is -2.11. The molecule has 5 N–H and O–H groups in total. The molecule has 1 rings (SSSR count). The van der Waals surface area contributed by atoms with Crippen molar-refractivity contribution < 1.29 is 19.1 Å². The van der Waals surface area contributed by atoms with Gasteiger partial charge in [-0.25, -0.2) is 0 Å². The van der Waals surface area contributed by atoms with Crippen LogP contribution < -0.4 is 11.1 Å². The summed E-state index contributed by atoms with van der Waals surface area (Å²) in [7, 11) is -4.12. The average molecular weight is 244 g/mol. The number of anilines is 1. The van der Waals surface area contributed by atoms with Crippen LogP contribution in [-0.2, 0) is 15.5 Å². The maximum atomic E-state index is 10.9. The normalized spacial score (nSPS) is 11.1. The number of primary amides is 1. The van der Waals surface area contributed by atoms with Crippen LogP contribution in [0.1, 0.15) is 5.56 Å². The van der Waals surface area contributed by atoms with Gasteiger partial charge in [0.1, 0.15) is 0 Å². The molecule has 0 atom stereocenters. The Labute approximate surface area is 92.6 Å². The molecular weight excluding hydrogens is 231 g/mol. The first kappa shape index (κ1) is 12.7. The van der Waals surface area contributed by atoms with Crippen LogP contribution in [0, 0.1) is 0 Å². The molecular formula is C9H13N2O4P. The molecule has 1 aromatic rings. The molecule has 0 bridgehead atoms. The number of carbonyl (C=O) groups excluding carboxylic acids is 1. The number of amides is 1. The highest BCUT2D eigenvalue weighted by Crippen LogP contribution is 2.40. The number of para-hydroxylation sites is 1. The maximum absolute atomic E-state index is 10.9. The third-order valence-electron chi connectivity index (χ3n) is 1.85. The molecule has 0 aliphatic heterocycles. The Morgan fingerprint density at radius 2 is 2.00 bits per heavy atom. The van der Waals surface area contributed by atoms with Gasteiger partial charge in [0.05, 0.1) is 12.7 Å². The minimum atomic E-state index is -4.12. The highest BCUT2D eigenvalue weighted by molar-refractivity contribution is 7.50. The average Bonchev–Trinajstić information content (AvgIpc) is 2.14. The van der Waals surface area contributed by atoms with Gasteiger partial charge < -0.3 is 20.8 Å². The van der Waals surface area contributed by atoms with E-state index in [9.17, 15) is 9.36 Å². The molecule has 7 heteroatoms. The van der Waals surface area contributed by atoms with Crippen molar-refractivity contribution in [1.82, 2.24) is 0 Å². The molecule has 1 amide bonds. The van der Waals surface area contributed by atoms with E-state index >= 15 is 0 Å². The van der Waals surface area contributed by atoms with Crippen LogP contribution in [0.4, 0.5) is 5.69 Å². The van der Waals surface area contributed by atoms with E-state index in [4.69, 9.17) is 15.5 Å². The molecule has 0 unspecified atom stereocenters. The van der Waals surface area contributed by atoms with Gasteiger partial charge >= 0.3 is 7.60 Å². The van der Waals surface area contributed by atoms with Crippen molar-refractivity contribution in [2.45, 2.75) is 6.16 Å². The van der Waals surface area contributed by atoms with Crippen molar-refractivity contribution in [3.8, 4) is 0 Å². The van der Waals surface area contributed by atoms with Crippen LogP contribution >= 0.6 is 7.60 Å². The summed E-state index contributed by atoms with van der Waals surface area (Å²) in [6, 6.07) is 6.59. The summed E-state index contributed by atoms with van der Waals surface area (Å²) >= 11 is 0. The van der Waals surface area contributed by atoms with E-state index in [0.29, 0.717) is 11.3 Å². The first-order valence-electron chi connectivity index (χ1n) is 4.53. The van der Waals surface area contributed by atoms with Crippen molar-refractivity contribution in [1.29, 1.82) is 0 Å². The topological polar surface area (TPSA) is 113 Å². The lowest BCUT2D eigenvalue weighted by molar-refractivity contribution is -0.116. The molecule has 0 aromatic heterocycles. The van der Waals surface area contributed by atoms with Crippen molar-refractivity contribution in [2.75, 3.05) is 11.9 Å². The van der Waals surface area contributed by atoms with Gasteiger partial charge in [-0.3, -0.25) is 9.36 Å². The van der Waals surface area contributed by atoms with Crippen LogP contribution in [0.5, 0.6) is 0 Å². The van der Waals surface area contributed by atoms with E-state index in [2.05, 4.69) is 5.32 Å². The first-order valence-corrected chi connectivity index (χ1v) is 6.33. The second-order valence-corrected chi connectivity index (χ2v) is 4.95. The lowest BCUT2D eigenvalue weighted by Crippen LogP contribution is -2.22. The second kappa shape index (κ2) is 5.12. The smallest absolute Gasteiger partial charge is 0.329 e. The lowest BCUT2D eigenvalue weighted by atomic mass is 10.2. The Kier molecular flexibility index (Phi) is 4.06. The van der Waals surface area contributed by atoms with E-state index in [1.165, 1.54) is 0 Å². The summed E-state index contributed by atoms with van der Waals surface area (Å²) in [5, 5.41) is 2.72. The highest BCUT2D eigenvalue weighted by atomic mass is 31.2. The summed E-state index contributed by atoms with van der Waals surface area (Å²) in [4.78, 5) is 28.3.